The first kappa shape index (κ1) is 32.2. The van der Waals surface area contributed by atoms with Gasteiger partial charge in [0.15, 0.2) is 11.5 Å². The Bertz CT molecular complexity index is 1650. The third-order valence-corrected chi connectivity index (χ3v) is 7.99. The van der Waals surface area contributed by atoms with Crippen LogP contribution in [0.2, 0.25) is 0 Å². The molecule has 4 aromatic carbocycles. The molecule has 9 heteroatoms. The molecule has 5 rings (SSSR count). The van der Waals surface area contributed by atoms with E-state index in [1.54, 1.807) is 60.4 Å². The average molecular weight is 624 g/mol. The van der Waals surface area contributed by atoms with E-state index in [2.05, 4.69) is 0 Å². The number of amides is 1. The number of methoxy groups -OCH3 is 2. The standard InChI is InChI=1S/C37H37NO8/c1-25-31(29(26-13-7-4-8-14-26)19-20-30(39)38-21-23-44-24-22-38)33(46-37(41)28-17-11-6-12-18-28)35(43-3)34(42-2)32(25)45-36(40)27-15-9-5-10-16-27/h4-18,29H,19-24H2,1-3H3. The maximum Gasteiger partial charge on any atom is 0.343 e. The Labute approximate surface area is 268 Å². The molecule has 1 heterocycles. The van der Waals surface area contributed by atoms with Gasteiger partial charge in [-0.15, -0.1) is 0 Å². The van der Waals surface area contributed by atoms with Crippen molar-refractivity contribution in [1.29, 1.82) is 0 Å². The predicted octanol–water partition coefficient (Wildman–Crippen LogP) is 6.22. The Morgan fingerprint density at radius 3 is 1.70 bits per heavy atom. The van der Waals surface area contributed by atoms with Gasteiger partial charge < -0.3 is 28.6 Å². The summed E-state index contributed by atoms with van der Waals surface area (Å²) in [7, 11) is 2.86. The number of benzene rings is 4. The minimum atomic E-state index is -0.605. The van der Waals surface area contributed by atoms with Gasteiger partial charge in [0.2, 0.25) is 17.4 Å². The third kappa shape index (κ3) is 7.21. The van der Waals surface area contributed by atoms with E-state index in [0.717, 1.165) is 5.56 Å². The lowest BCUT2D eigenvalue weighted by molar-refractivity contribution is -0.135. The molecule has 1 unspecified atom stereocenters. The largest absolute Gasteiger partial charge is 0.490 e. The van der Waals surface area contributed by atoms with Gasteiger partial charge in [0.05, 0.1) is 38.6 Å². The molecular weight excluding hydrogens is 586 g/mol. The molecule has 1 fully saturated rings. The highest BCUT2D eigenvalue weighted by Gasteiger charge is 2.34. The zero-order valence-corrected chi connectivity index (χ0v) is 26.2. The van der Waals surface area contributed by atoms with E-state index >= 15 is 0 Å². The quantitative estimate of drug-likeness (QED) is 0.143. The molecule has 0 N–H and O–H groups in total. The molecule has 4 aromatic rings. The summed E-state index contributed by atoms with van der Waals surface area (Å²) in [6.45, 7) is 3.84. The summed E-state index contributed by atoms with van der Waals surface area (Å²) in [5.74, 6) is -1.22. The first-order valence-corrected chi connectivity index (χ1v) is 15.2. The second kappa shape index (κ2) is 15.2. The average Bonchev–Trinajstić information content (AvgIpc) is 3.11. The number of ether oxygens (including phenoxy) is 5. The first-order valence-electron chi connectivity index (χ1n) is 15.2. The van der Waals surface area contributed by atoms with Crippen LogP contribution in [-0.2, 0) is 9.53 Å². The van der Waals surface area contributed by atoms with Crippen molar-refractivity contribution < 1.29 is 38.1 Å². The normalized spacial score (nSPS) is 13.4. The minimum Gasteiger partial charge on any atom is -0.490 e. The number of rotatable bonds is 11. The summed E-state index contributed by atoms with van der Waals surface area (Å²) in [5, 5.41) is 0. The van der Waals surface area contributed by atoms with Crippen LogP contribution in [0.25, 0.3) is 0 Å². The molecule has 1 atom stereocenters. The molecular formula is C37H37NO8. The topological polar surface area (TPSA) is 101 Å². The Kier molecular flexibility index (Phi) is 10.7. The van der Waals surface area contributed by atoms with Crippen molar-refractivity contribution in [3.8, 4) is 23.0 Å². The van der Waals surface area contributed by atoms with Crippen molar-refractivity contribution in [2.24, 2.45) is 0 Å². The molecule has 0 spiro atoms. The summed E-state index contributed by atoms with van der Waals surface area (Å²) in [6, 6.07) is 26.9. The second-order valence-corrected chi connectivity index (χ2v) is 10.8. The van der Waals surface area contributed by atoms with Crippen LogP contribution in [0.5, 0.6) is 23.0 Å². The number of carbonyl (C=O) groups is 3. The summed E-state index contributed by atoms with van der Waals surface area (Å²) < 4.78 is 29.2. The van der Waals surface area contributed by atoms with Crippen molar-refractivity contribution in [2.75, 3.05) is 40.5 Å². The molecule has 46 heavy (non-hydrogen) atoms. The van der Waals surface area contributed by atoms with Gasteiger partial charge >= 0.3 is 11.9 Å². The third-order valence-electron chi connectivity index (χ3n) is 7.99. The smallest absolute Gasteiger partial charge is 0.343 e. The van der Waals surface area contributed by atoms with Crippen LogP contribution in [0.1, 0.15) is 56.2 Å². The van der Waals surface area contributed by atoms with Gasteiger partial charge in [0, 0.05) is 36.6 Å². The minimum absolute atomic E-state index is 0.000852. The van der Waals surface area contributed by atoms with E-state index in [-0.39, 0.29) is 35.3 Å². The van der Waals surface area contributed by atoms with Crippen LogP contribution in [-0.4, -0.2) is 63.3 Å². The lowest BCUT2D eigenvalue weighted by atomic mass is 9.83. The van der Waals surface area contributed by atoms with Crippen LogP contribution in [0.3, 0.4) is 0 Å². The van der Waals surface area contributed by atoms with Gasteiger partial charge in [-0.25, -0.2) is 9.59 Å². The molecule has 1 aliphatic heterocycles. The lowest BCUT2D eigenvalue weighted by Crippen LogP contribution is -2.40. The summed E-state index contributed by atoms with van der Waals surface area (Å²) >= 11 is 0. The number of hydrogen-bond donors (Lipinski definition) is 0. The van der Waals surface area contributed by atoms with Gasteiger partial charge in [0.25, 0.3) is 0 Å². The molecule has 0 aromatic heterocycles. The van der Waals surface area contributed by atoms with E-state index in [9.17, 15) is 14.4 Å². The number of nitrogens with zero attached hydrogens (tertiary/aromatic N) is 1. The molecule has 9 nitrogen and oxygen atoms in total. The van der Waals surface area contributed by atoms with Crippen LogP contribution < -0.4 is 18.9 Å². The van der Waals surface area contributed by atoms with E-state index in [1.807, 2.05) is 42.5 Å². The maximum atomic E-state index is 13.5. The van der Waals surface area contributed by atoms with Crippen LogP contribution >= 0.6 is 0 Å². The number of carbonyl (C=O) groups excluding carboxylic acids is 3. The fourth-order valence-electron chi connectivity index (χ4n) is 5.66. The van der Waals surface area contributed by atoms with Crippen molar-refractivity contribution in [3.05, 3.63) is 119 Å². The fraction of sp³-hybridized carbons (Fsp3) is 0.270. The molecule has 0 aliphatic carbocycles. The van der Waals surface area contributed by atoms with Crippen LogP contribution in [0, 0.1) is 6.92 Å². The van der Waals surface area contributed by atoms with Gasteiger partial charge in [-0.1, -0.05) is 66.7 Å². The molecule has 238 valence electrons. The summed E-state index contributed by atoms with van der Waals surface area (Å²) in [4.78, 5) is 42.1. The second-order valence-electron chi connectivity index (χ2n) is 10.8. The highest BCUT2D eigenvalue weighted by atomic mass is 16.6. The van der Waals surface area contributed by atoms with Crippen LogP contribution in [0.15, 0.2) is 91.0 Å². The molecule has 0 bridgehead atoms. The Balaban J connectivity index is 1.67. The summed E-state index contributed by atoms with van der Waals surface area (Å²) in [5.41, 5.74) is 2.61. The number of hydrogen-bond acceptors (Lipinski definition) is 8. The Morgan fingerprint density at radius 1 is 0.696 bits per heavy atom. The van der Waals surface area contributed by atoms with Gasteiger partial charge in [-0.2, -0.15) is 0 Å². The Morgan fingerprint density at radius 2 is 1.17 bits per heavy atom. The van der Waals surface area contributed by atoms with E-state index < -0.39 is 17.9 Å². The zero-order chi connectivity index (χ0) is 32.5. The Hall–Kier alpha value is -5.15. The fourth-order valence-corrected chi connectivity index (χ4v) is 5.66. The van der Waals surface area contributed by atoms with Crippen molar-refractivity contribution >= 4 is 17.8 Å². The zero-order valence-electron chi connectivity index (χ0n) is 26.2. The molecule has 1 amide bonds. The molecule has 0 saturated carbocycles. The lowest BCUT2D eigenvalue weighted by Gasteiger charge is -2.29. The molecule has 1 saturated heterocycles. The summed E-state index contributed by atoms with van der Waals surface area (Å²) in [6.07, 6.45) is 0.594. The van der Waals surface area contributed by atoms with E-state index in [1.165, 1.54) is 14.2 Å². The SMILES string of the molecule is COc1c(OC(=O)c2ccccc2)c(C)c(C(CCC(=O)N2CCOCC2)c2ccccc2)c(OC(=O)c2ccccc2)c1OC. The predicted molar refractivity (Wildman–Crippen MR) is 172 cm³/mol. The monoisotopic (exact) mass is 623 g/mol. The van der Waals surface area contributed by atoms with Crippen molar-refractivity contribution in [3.63, 3.8) is 0 Å². The van der Waals surface area contributed by atoms with Crippen LogP contribution in [0.4, 0.5) is 0 Å². The van der Waals surface area contributed by atoms with E-state index in [4.69, 9.17) is 23.7 Å². The van der Waals surface area contributed by atoms with E-state index in [0.29, 0.717) is 55.0 Å². The first-order chi connectivity index (χ1) is 22.4. The van der Waals surface area contributed by atoms with Crippen molar-refractivity contribution in [1.82, 2.24) is 4.90 Å². The molecule has 0 radical (unpaired) electrons. The van der Waals surface area contributed by atoms with Gasteiger partial charge in [-0.3, -0.25) is 4.79 Å². The van der Waals surface area contributed by atoms with Gasteiger partial charge in [0.1, 0.15) is 0 Å². The van der Waals surface area contributed by atoms with Crippen molar-refractivity contribution in [2.45, 2.75) is 25.7 Å². The van der Waals surface area contributed by atoms with Gasteiger partial charge in [-0.05, 0) is 43.2 Å². The maximum absolute atomic E-state index is 13.5. The molecule has 1 aliphatic rings. The highest BCUT2D eigenvalue weighted by Crippen LogP contribution is 2.53. The highest BCUT2D eigenvalue weighted by molar-refractivity contribution is 5.93. The number of morpholine rings is 1. The number of esters is 2.